The third-order valence-corrected chi connectivity index (χ3v) is 7.38. The molecule has 3 heterocycles. The zero-order valence-electron chi connectivity index (χ0n) is 16.0. The van der Waals surface area contributed by atoms with E-state index in [4.69, 9.17) is 19.2 Å². The Labute approximate surface area is 177 Å². The molecule has 2 aliphatic rings. The molecular formula is C20H25BrN2O4S. The van der Waals surface area contributed by atoms with E-state index in [-0.39, 0.29) is 5.56 Å². The Morgan fingerprint density at radius 3 is 2.79 bits per heavy atom. The number of nitrogens with zero attached hydrogens (tertiary/aromatic N) is 2. The van der Waals surface area contributed by atoms with Crippen molar-refractivity contribution in [1.29, 1.82) is 0 Å². The van der Waals surface area contributed by atoms with E-state index in [2.05, 4.69) is 16.1 Å². The standard InChI is InChI=1S/C20H25BrN2O4S/c1-13-8-15(27-11-14-2-5-26-10-14)9-17-19(13)20(24)23(21)18(22-17)12-28-16-3-6-25-7-4-16/h8-9,14,16H,2-7,10-12H2,1H3. The van der Waals surface area contributed by atoms with Gasteiger partial charge >= 0.3 is 0 Å². The lowest BCUT2D eigenvalue weighted by molar-refractivity contribution is 0.1000. The summed E-state index contributed by atoms with van der Waals surface area (Å²) in [4.78, 5) is 17.7. The minimum absolute atomic E-state index is 0.0687. The molecule has 2 aliphatic heterocycles. The Bertz CT molecular complexity index is 892. The van der Waals surface area contributed by atoms with E-state index in [0.717, 1.165) is 62.8 Å². The zero-order chi connectivity index (χ0) is 19.5. The Hall–Kier alpha value is -1.09. The minimum atomic E-state index is -0.0687. The largest absolute Gasteiger partial charge is 0.493 e. The highest BCUT2D eigenvalue weighted by Gasteiger charge is 2.19. The third kappa shape index (κ3) is 4.56. The molecule has 0 aliphatic carbocycles. The molecule has 1 unspecified atom stereocenters. The second kappa shape index (κ2) is 9.15. The fourth-order valence-electron chi connectivity index (χ4n) is 3.64. The fraction of sp³-hybridized carbons (Fsp3) is 0.600. The number of hydrogen-bond donors (Lipinski definition) is 0. The van der Waals surface area contributed by atoms with Crippen LogP contribution in [-0.4, -0.2) is 46.9 Å². The average Bonchev–Trinajstić information content (AvgIpc) is 3.22. The summed E-state index contributed by atoms with van der Waals surface area (Å²) in [6, 6.07) is 3.81. The molecule has 28 heavy (non-hydrogen) atoms. The third-order valence-electron chi connectivity index (χ3n) is 5.28. The highest BCUT2D eigenvalue weighted by molar-refractivity contribution is 9.08. The summed E-state index contributed by atoms with van der Waals surface area (Å²) in [5, 5.41) is 1.19. The monoisotopic (exact) mass is 468 g/mol. The van der Waals surface area contributed by atoms with Crippen LogP contribution in [0.3, 0.4) is 0 Å². The number of aryl methyl sites for hydroxylation is 1. The van der Waals surface area contributed by atoms with Crippen LogP contribution in [0.15, 0.2) is 16.9 Å². The zero-order valence-corrected chi connectivity index (χ0v) is 18.4. The molecule has 2 saturated heterocycles. The van der Waals surface area contributed by atoms with Crippen molar-refractivity contribution in [2.75, 3.05) is 33.0 Å². The summed E-state index contributed by atoms with van der Waals surface area (Å²) >= 11 is 5.25. The first-order valence-corrected chi connectivity index (χ1v) is 11.5. The van der Waals surface area contributed by atoms with E-state index >= 15 is 0 Å². The minimum Gasteiger partial charge on any atom is -0.493 e. The van der Waals surface area contributed by atoms with Crippen molar-refractivity contribution < 1.29 is 14.2 Å². The number of aromatic nitrogens is 2. The predicted molar refractivity (Wildman–Crippen MR) is 115 cm³/mol. The number of halogens is 1. The highest BCUT2D eigenvalue weighted by atomic mass is 79.9. The molecule has 0 saturated carbocycles. The second-order valence-corrected chi connectivity index (χ2v) is 9.41. The van der Waals surface area contributed by atoms with E-state index in [1.165, 1.54) is 3.59 Å². The maximum atomic E-state index is 12.9. The van der Waals surface area contributed by atoms with Gasteiger partial charge in [0.2, 0.25) is 0 Å². The van der Waals surface area contributed by atoms with Gasteiger partial charge in [0, 0.05) is 37.1 Å². The number of ether oxygens (including phenoxy) is 3. The maximum absolute atomic E-state index is 12.9. The van der Waals surface area contributed by atoms with E-state index < -0.39 is 0 Å². The van der Waals surface area contributed by atoms with Gasteiger partial charge in [-0.3, -0.25) is 4.79 Å². The maximum Gasteiger partial charge on any atom is 0.271 e. The van der Waals surface area contributed by atoms with Crippen LogP contribution < -0.4 is 10.3 Å². The lowest BCUT2D eigenvalue weighted by Gasteiger charge is -2.21. The van der Waals surface area contributed by atoms with Crippen LogP contribution in [0.25, 0.3) is 10.9 Å². The molecule has 0 amide bonds. The Kier molecular flexibility index (Phi) is 6.60. The van der Waals surface area contributed by atoms with Crippen LogP contribution in [-0.2, 0) is 15.2 Å². The molecule has 6 nitrogen and oxygen atoms in total. The quantitative estimate of drug-likeness (QED) is 0.643. The SMILES string of the molecule is Cc1cc(OCC2CCOC2)cc2nc(CSC3CCOCC3)n(Br)c(=O)c12. The molecule has 0 spiro atoms. The number of thioether (sulfide) groups is 1. The topological polar surface area (TPSA) is 62.6 Å². The summed E-state index contributed by atoms with van der Waals surface area (Å²) in [5.74, 6) is 2.62. The van der Waals surface area contributed by atoms with Crippen molar-refractivity contribution in [2.24, 2.45) is 5.92 Å². The number of benzene rings is 1. The molecule has 2 aromatic rings. The number of fused-ring (bicyclic) bond motifs is 1. The molecule has 1 aromatic carbocycles. The van der Waals surface area contributed by atoms with Gasteiger partial charge in [-0.2, -0.15) is 11.8 Å². The fourth-order valence-corrected chi connectivity index (χ4v) is 5.29. The normalized spacial score (nSPS) is 20.7. The summed E-state index contributed by atoms with van der Waals surface area (Å²) in [6.45, 7) is 5.76. The van der Waals surface area contributed by atoms with Crippen LogP contribution in [0.4, 0.5) is 0 Å². The predicted octanol–water partition coefficient (Wildman–Crippen LogP) is 3.69. The number of hydrogen-bond acceptors (Lipinski definition) is 6. The summed E-state index contributed by atoms with van der Waals surface area (Å²) in [5.41, 5.74) is 1.51. The molecule has 4 rings (SSSR count). The van der Waals surface area contributed by atoms with Gasteiger partial charge in [0.15, 0.2) is 0 Å². The van der Waals surface area contributed by atoms with E-state index in [1.54, 1.807) is 0 Å². The van der Waals surface area contributed by atoms with Gasteiger partial charge in [0.05, 0.1) is 46.0 Å². The number of rotatable bonds is 6. The molecule has 0 bridgehead atoms. The molecule has 1 aromatic heterocycles. The first-order chi connectivity index (χ1) is 13.6. The highest BCUT2D eigenvalue weighted by Crippen LogP contribution is 2.27. The van der Waals surface area contributed by atoms with Gasteiger partial charge in [-0.25, -0.2) is 8.58 Å². The van der Waals surface area contributed by atoms with Gasteiger partial charge < -0.3 is 14.2 Å². The van der Waals surface area contributed by atoms with Gasteiger partial charge in [0.1, 0.15) is 11.6 Å². The van der Waals surface area contributed by atoms with Crippen molar-refractivity contribution >= 4 is 38.8 Å². The molecule has 2 fully saturated rings. The molecule has 8 heteroatoms. The second-order valence-electron chi connectivity index (χ2n) is 7.41. The lowest BCUT2D eigenvalue weighted by atomic mass is 10.1. The van der Waals surface area contributed by atoms with Crippen molar-refractivity contribution in [3.05, 3.63) is 33.9 Å². The molecule has 0 radical (unpaired) electrons. The van der Waals surface area contributed by atoms with Crippen molar-refractivity contribution in [2.45, 2.75) is 37.2 Å². The van der Waals surface area contributed by atoms with Crippen LogP contribution in [0.1, 0.15) is 30.7 Å². The van der Waals surface area contributed by atoms with Crippen LogP contribution in [0.5, 0.6) is 5.75 Å². The summed E-state index contributed by atoms with van der Waals surface area (Å²) in [7, 11) is 0. The van der Waals surface area contributed by atoms with Gasteiger partial charge in [-0.15, -0.1) is 0 Å². The molecule has 152 valence electrons. The first kappa shape index (κ1) is 20.2. The Morgan fingerprint density at radius 1 is 1.25 bits per heavy atom. The van der Waals surface area contributed by atoms with Gasteiger partial charge in [-0.05, 0) is 37.8 Å². The smallest absolute Gasteiger partial charge is 0.271 e. The lowest BCUT2D eigenvalue weighted by Crippen LogP contribution is -2.21. The van der Waals surface area contributed by atoms with Crippen LogP contribution >= 0.6 is 27.9 Å². The van der Waals surface area contributed by atoms with Gasteiger partial charge in [0.25, 0.3) is 5.56 Å². The molecule has 0 N–H and O–H groups in total. The van der Waals surface area contributed by atoms with Crippen molar-refractivity contribution in [3.63, 3.8) is 0 Å². The average molecular weight is 469 g/mol. The van der Waals surface area contributed by atoms with E-state index in [9.17, 15) is 4.79 Å². The van der Waals surface area contributed by atoms with E-state index in [0.29, 0.717) is 34.4 Å². The molecule has 1 atom stereocenters. The summed E-state index contributed by atoms with van der Waals surface area (Å²) in [6.07, 6.45) is 3.13. The van der Waals surface area contributed by atoms with Crippen molar-refractivity contribution in [1.82, 2.24) is 8.58 Å². The van der Waals surface area contributed by atoms with Crippen LogP contribution in [0, 0.1) is 12.8 Å². The van der Waals surface area contributed by atoms with Gasteiger partial charge in [-0.1, -0.05) is 0 Å². The first-order valence-electron chi connectivity index (χ1n) is 9.74. The summed E-state index contributed by atoms with van der Waals surface area (Å²) < 4.78 is 18.3. The Morgan fingerprint density at radius 2 is 2.04 bits per heavy atom. The van der Waals surface area contributed by atoms with Crippen molar-refractivity contribution in [3.8, 4) is 5.75 Å². The van der Waals surface area contributed by atoms with Crippen LogP contribution in [0.2, 0.25) is 0 Å². The van der Waals surface area contributed by atoms with E-state index in [1.807, 2.05) is 30.8 Å². The molecular weight excluding hydrogens is 444 g/mol. The Balaban J connectivity index is 1.56.